The molecule has 1 aliphatic heterocycles. The first-order valence-corrected chi connectivity index (χ1v) is 11.5. The third-order valence-corrected chi connectivity index (χ3v) is 6.39. The molecule has 0 radical (unpaired) electrons. The fourth-order valence-corrected chi connectivity index (χ4v) is 4.83. The van der Waals surface area contributed by atoms with Crippen LogP contribution in [0.3, 0.4) is 0 Å². The standard InChI is InChI=1S/C26H28N6O2/c1-30(25(33)21-5-2-4-20(14-21)16-31-13-11-28-19-31)17-26(34)8-3-12-32(18-26)24-7-10-29-23-6-9-27-15-22(23)24/h2,4-7,9-11,13-15,19,34H,3,8,12,16-18H2,1H3. The van der Waals surface area contributed by atoms with Crippen LogP contribution < -0.4 is 4.90 Å². The van der Waals surface area contributed by atoms with Gasteiger partial charge in [-0.3, -0.25) is 14.8 Å². The highest BCUT2D eigenvalue weighted by atomic mass is 16.3. The Hall–Kier alpha value is -3.78. The number of β-amino-alcohol motifs (C(OH)–C–C–N with tert-alkyl or cyclic N) is 1. The van der Waals surface area contributed by atoms with E-state index in [0.717, 1.165) is 35.1 Å². The van der Waals surface area contributed by atoms with Crippen molar-refractivity contribution in [2.75, 3.05) is 31.6 Å². The maximum Gasteiger partial charge on any atom is 0.253 e. The van der Waals surface area contributed by atoms with E-state index in [1.54, 1.807) is 36.9 Å². The van der Waals surface area contributed by atoms with Crippen LogP contribution in [0, 0.1) is 0 Å². The third kappa shape index (κ3) is 4.63. The fourth-order valence-electron chi connectivity index (χ4n) is 4.83. The number of likely N-dealkylation sites (N-methyl/N-ethyl adjacent to an activating group) is 1. The van der Waals surface area contributed by atoms with E-state index < -0.39 is 5.60 Å². The molecule has 0 aliphatic carbocycles. The van der Waals surface area contributed by atoms with Crippen molar-refractivity contribution in [3.63, 3.8) is 0 Å². The molecule has 8 heteroatoms. The Labute approximate surface area is 198 Å². The van der Waals surface area contributed by atoms with Gasteiger partial charge in [-0.05, 0) is 42.7 Å². The summed E-state index contributed by atoms with van der Waals surface area (Å²) in [5.74, 6) is -0.100. The zero-order valence-electron chi connectivity index (χ0n) is 19.2. The lowest BCUT2D eigenvalue weighted by molar-refractivity contribution is 0.0000663. The van der Waals surface area contributed by atoms with E-state index in [1.165, 1.54) is 0 Å². The quantitative estimate of drug-likeness (QED) is 0.480. The number of fused-ring (bicyclic) bond motifs is 1. The molecule has 0 spiro atoms. The molecule has 1 N–H and O–H groups in total. The minimum absolute atomic E-state index is 0.100. The molecule has 34 heavy (non-hydrogen) atoms. The first kappa shape index (κ1) is 22.0. The number of rotatable bonds is 6. The Morgan fingerprint density at radius 2 is 2.09 bits per heavy atom. The molecule has 4 heterocycles. The number of piperidine rings is 1. The first-order chi connectivity index (χ1) is 16.5. The van der Waals surface area contributed by atoms with Gasteiger partial charge in [-0.1, -0.05) is 12.1 Å². The molecule has 1 aromatic carbocycles. The number of anilines is 1. The average molecular weight is 457 g/mol. The second kappa shape index (κ2) is 9.23. The van der Waals surface area contributed by atoms with Crippen LogP contribution in [0.25, 0.3) is 10.9 Å². The van der Waals surface area contributed by atoms with E-state index in [9.17, 15) is 9.90 Å². The van der Waals surface area contributed by atoms with Crippen LogP contribution in [0.15, 0.2) is 73.7 Å². The zero-order valence-corrected chi connectivity index (χ0v) is 19.2. The van der Waals surface area contributed by atoms with Crippen molar-refractivity contribution in [3.8, 4) is 0 Å². The topological polar surface area (TPSA) is 87.4 Å². The smallest absolute Gasteiger partial charge is 0.253 e. The molecule has 1 atom stereocenters. The molecule has 1 saturated heterocycles. The normalized spacial score (nSPS) is 18.2. The van der Waals surface area contributed by atoms with E-state index in [4.69, 9.17) is 0 Å². The molecule has 3 aromatic heterocycles. The summed E-state index contributed by atoms with van der Waals surface area (Å²) >= 11 is 0. The summed E-state index contributed by atoms with van der Waals surface area (Å²) in [6, 6.07) is 11.5. The van der Waals surface area contributed by atoms with Crippen LogP contribution in [0.2, 0.25) is 0 Å². The lowest BCUT2D eigenvalue weighted by Crippen LogP contribution is -2.54. The number of carbonyl (C=O) groups excluding carboxylic acids is 1. The van der Waals surface area contributed by atoms with Crippen molar-refractivity contribution in [1.82, 2.24) is 24.4 Å². The number of benzene rings is 1. The van der Waals surface area contributed by atoms with Crippen molar-refractivity contribution >= 4 is 22.5 Å². The predicted octanol–water partition coefficient (Wildman–Crippen LogP) is 2.98. The van der Waals surface area contributed by atoms with E-state index in [2.05, 4.69) is 19.9 Å². The number of carbonyl (C=O) groups is 1. The van der Waals surface area contributed by atoms with Gasteiger partial charge in [0.05, 0.1) is 24.0 Å². The molecular formula is C26H28N6O2. The van der Waals surface area contributed by atoms with Crippen molar-refractivity contribution in [2.45, 2.75) is 25.0 Å². The molecule has 8 nitrogen and oxygen atoms in total. The largest absolute Gasteiger partial charge is 0.386 e. The molecule has 1 aliphatic rings. The van der Waals surface area contributed by atoms with Gasteiger partial charge in [-0.25, -0.2) is 4.98 Å². The van der Waals surface area contributed by atoms with Crippen LogP contribution in [-0.4, -0.2) is 67.7 Å². The van der Waals surface area contributed by atoms with Gasteiger partial charge >= 0.3 is 0 Å². The Morgan fingerprint density at radius 1 is 1.18 bits per heavy atom. The van der Waals surface area contributed by atoms with Crippen LogP contribution in [-0.2, 0) is 6.54 Å². The van der Waals surface area contributed by atoms with E-state index in [1.807, 2.05) is 53.4 Å². The van der Waals surface area contributed by atoms with Gasteiger partial charge in [-0.15, -0.1) is 0 Å². The molecule has 0 saturated carbocycles. The van der Waals surface area contributed by atoms with Crippen molar-refractivity contribution in [1.29, 1.82) is 0 Å². The summed E-state index contributed by atoms with van der Waals surface area (Å²) < 4.78 is 1.96. The monoisotopic (exact) mass is 456 g/mol. The fraction of sp³-hybridized carbons (Fsp3) is 0.308. The highest BCUT2D eigenvalue weighted by Crippen LogP contribution is 2.31. The summed E-state index contributed by atoms with van der Waals surface area (Å²) in [5, 5.41) is 12.5. The van der Waals surface area contributed by atoms with Gasteiger partial charge < -0.3 is 19.5 Å². The molecule has 4 aromatic rings. The van der Waals surface area contributed by atoms with Crippen LogP contribution in [0.1, 0.15) is 28.8 Å². The molecule has 1 unspecified atom stereocenters. The highest BCUT2D eigenvalue weighted by molar-refractivity contribution is 5.94. The number of aliphatic hydroxyl groups is 1. The van der Waals surface area contributed by atoms with E-state index in [0.29, 0.717) is 25.1 Å². The molecule has 174 valence electrons. The minimum Gasteiger partial charge on any atom is -0.386 e. The number of aromatic nitrogens is 4. The summed E-state index contributed by atoms with van der Waals surface area (Å²) in [4.78, 5) is 29.8. The van der Waals surface area contributed by atoms with Gasteiger partial charge in [0, 0.05) is 74.3 Å². The van der Waals surface area contributed by atoms with E-state index in [-0.39, 0.29) is 12.5 Å². The first-order valence-electron chi connectivity index (χ1n) is 11.5. The maximum absolute atomic E-state index is 13.2. The minimum atomic E-state index is -1.01. The van der Waals surface area contributed by atoms with Crippen molar-refractivity contribution < 1.29 is 9.90 Å². The number of hydrogen-bond donors (Lipinski definition) is 1. The number of imidazole rings is 1. The second-order valence-corrected chi connectivity index (χ2v) is 9.07. The number of pyridine rings is 2. The Kier molecular flexibility index (Phi) is 5.98. The lowest BCUT2D eigenvalue weighted by Gasteiger charge is -2.42. The number of hydrogen-bond acceptors (Lipinski definition) is 6. The summed E-state index contributed by atoms with van der Waals surface area (Å²) in [7, 11) is 1.76. The molecule has 0 bridgehead atoms. The Balaban J connectivity index is 1.30. The molecular weight excluding hydrogens is 428 g/mol. The second-order valence-electron chi connectivity index (χ2n) is 9.07. The lowest BCUT2D eigenvalue weighted by atomic mass is 9.91. The number of amides is 1. The van der Waals surface area contributed by atoms with Gasteiger partial charge in [-0.2, -0.15) is 0 Å². The molecule has 1 fully saturated rings. The highest BCUT2D eigenvalue weighted by Gasteiger charge is 2.36. The summed E-state index contributed by atoms with van der Waals surface area (Å²) in [5.41, 5.74) is 2.52. The van der Waals surface area contributed by atoms with Gasteiger partial charge in [0.25, 0.3) is 5.91 Å². The predicted molar refractivity (Wildman–Crippen MR) is 131 cm³/mol. The van der Waals surface area contributed by atoms with Crippen molar-refractivity contribution in [3.05, 3.63) is 84.8 Å². The van der Waals surface area contributed by atoms with Crippen molar-refractivity contribution in [2.24, 2.45) is 0 Å². The molecule has 5 rings (SSSR count). The van der Waals surface area contributed by atoms with E-state index >= 15 is 0 Å². The Bertz CT molecular complexity index is 1290. The molecule has 1 amide bonds. The number of nitrogens with zero attached hydrogens (tertiary/aromatic N) is 6. The maximum atomic E-state index is 13.2. The Morgan fingerprint density at radius 3 is 2.94 bits per heavy atom. The third-order valence-electron chi connectivity index (χ3n) is 6.39. The SMILES string of the molecule is CN(CC1(O)CCCN(c2ccnc3ccncc23)C1)C(=O)c1cccc(Cn2ccnc2)c1. The van der Waals surface area contributed by atoms with Crippen LogP contribution >= 0.6 is 0 Å². The summed E-state index contributed by atoms with van der Waals surface area (Å²) in [6.45, 7) is 2.19. The van der Waals surface area contributed by atoms with Gasteiger partial charge in [0.15, 0.2) is 0 Å². The average Bonchev–Trinajstić information content (AvgIpc) is 3.36. The zero-order chi connectivity index (χ0) is 23.5. The van der Waals surface area contributed by atoms with Gasteiger partial charge in [0.2, 0.25) is 0 Å². The summed E-state index contributed by atoms with van der Waals surface area (Å²) in [6.07, 6.45) is 12.2. The van der Waals surface area contributed by atoms with Crippen LogP contribution in [0.4, 0.5) is 5.69 Å². The van der Waals surface area contributed by atoms with Crippen LogP contribution in [0.5, 0.6) is 0 Å². The van der Waals surface area contributed by atoms with Gasteiger partial charge in [0.1, 0.15) is 0 Å².